The van der Waals surface area contributed by atoms with Crippen LogP contribution in [0.5, 0.6) is 0 Å². The fraction of sp³-hybridized carbons (Fsp3) is 1.00. The van der Waals surface area contributed by atoms with Gasteiger partial charge in [0.2, 0.25) is 0 Å². The van der Waals surface area contributed by atoms with E-state index in [4.69, 9.17) is 0 Å². The second-order valence-electron chi connectivity index (χ2n) is 3.47. The third kappa shape index (κ3) is 2.06. The summed E-state index contributed by atoms with van der Waals surface area (Å²) in [5.41, 5.74) is -0.744. The molecule has 4 heteroatoms. The first-order chi connectivity index (χ1) is 5.58. The number of hydrogen-bond acceptors (Lipinski definition) is 3. The van der Waals surface area contributed by atoms with Gasteiger partial charge in [0.05, 0.1) is 10.9 Å². The van der Waals surface area contributed by atoms with Gasteiger partial charge in [-0.25, -0.2) is 0 Å². The second kappa shape index (κ2) is 3.85. The van der Waals surface area contributed by atoms with Gasteiger partial charge in [-0.15, -0.1) is 0 Å². The molecule has 0 saturated carbocycles. The van der Waals surface area contributed by atoms with Crippen molar-refractivity contribution in [3.63, 3.8) is 0 Å². The average Bonchev–Trinajstić information content (AvgIpc) is 2.02. The fourth-order valence-electron chi connectivity index (χ4n) is 1.53. The first-order valence-corrected chi connectivity index (χ1v) is 5.76. The van der Waals surface area contributed by atoms with Gasteiger partial charge in [-0.3, -0.25) is 4.21 Å². The molecule has 0 spiro atoms. The Hall–Kier alpha value is 0.0700. The van der Waals surface area contributed by atoms with Crippen LogP contribution in [-0.4, -0.2) is 39.0 Å². The Bertz CT molecular complexity index is 182. The summed E-state index contributed by atoms with van der Waals surface area (Å²) in [6.07, 6.45) is 0.698. The molecule has 0 amide bonds. The quantitative estimate of drug-likeness (QED) is 0.639. The van der Waals surface area contributed by atoms with Gasteiger partial charge >= 0.3 is 0 Å². The molecule has 1 aliphatic heterocycles. The molecular weight excluding hydrogens is 174 g/mol. The molecule has 1 heterocycles. The molecule has 12 heavy (non-hydrogen) atoms. The molecule has 1 fully saturated rings. The van der Waals surface area contributed by atoms with Gasteiger partial charge in [0.1, 0.15) is 0 Å². The maximum absolute atomic E-state index is 11.5. The van der Waals surface area contributed by atoms with E-state index in [-0.39, 0.29) is 5.25 Å². The van der Waals surface area contributed by atoms with Crippen LogP contribution in [0.1, 0.15) is 20.3 Å². The summed E-state index contributed by atoms with van der Waals surface area (Å²) in [6.45, 7) is 5.17. The smallest absolute Gasteiger partial charge is 0.0787 e. The van der Waals surface area contributed by atoms with Crippen molar-refractivity contribution in [3.05, 3.63) is 0 Å². The summed E-state index contributed by atoms with van der Waals surface area (Å²) < 4.78 is 11.5. The predicted molar refractivity (Wildman–Crippen MR) is 50.6 cm³/mol. The Morgan fingerprint density at radius 1 is 1.75 bits per heavy atom. The SMILES string of the molecule is CCS(=O)C1CNCCC1(C)O. The van der Waals surface area contributed by atoms with Crippen LogP contribution >= 0.6 is 0 Å². The molecule has 72 valence electrons. The Morgan fingerprint density at radius 3 is 2.92 bits per heavy atom. The van der Waals surface area contributed by atoms with Crippen LogP contribution in [0.15, 0.2) is 0 Å². The van der Waals surface area contributed by atoms with Crippen LogP contribution in [0.4, 0.5) is 0 Å². The molecule has 0 aromatic rings. The normalized spacial score (nSPS) is 39.4. The number of piperidine rings is 1. The monoisotopic (exact) mass is 191 g/mol. The Morgan fingerprint density at radius 2 is 2.42 bits per heavy atom. The van der Waals surface area contributed by atoms with E-state index in [1.165, 1.54) is 0 Å². The van der Waals surface area contributed by atoms with Crippen molar-refractivity contribution >= 4 is 10.8 Å². The number of nitrogens with one attached hydrogen (secondary N) is 1. The largest absolute Gasteiger partial charge is 0.389 e. The molecule has 0 bridgehead atoms. The molecule has 0 radical (unpaired) electrons. The zero-order valence-electron chi connectivity index (χ0n) is 7.67. The lowest BCUT2D eigenvalue weighted by Gasteiger charge is -2.36. The maximum Gasteiger partial charge on any atom is 0.0787 e. The van der Waals surface area contributed by atoms with Crippen LogP contribution in [0.3, 0.4) is 0 Å². The molecule has 0 aliphatic carbocycles. The van der Waals surface area contributed by atoms with E-state index in [2.05, 4.69) is 5.32 Å². The molecule has 3 atom stereocenters. The summed E-state index contributed by atoms with van der Waals surface area (Å²) in [5.74, 6) is 0.627. The summed E-state index contributed by atoms with van der Waals surface area (Å²) in [7, 11) is -0.895. The van der Waals surface area contributed by atoms with Gasteiger partial charge < -0.3 is 10.4 Å². The average molecular weight is 191 g/mol. The number of aliphatic hydroxyl groups is 1. The van der Waals surface area contributed by atoms with Crippen molar-refractivity contribution in [2.45, 2.75) is 31.1 Å². The van der Waals surface area contributed by atoms with Gasteiger partial charge in [-0.1, -0.05) is 6.92 Å². The predicted octanol–water partition coefficient (Wildman–Crippen LogP) is -0.132. The van der Waals surface area contributed by atoms with Crippen LogP contribution < -0.4 is 5.32 Å². The van der Waals surface area contributed by atoms with Crippen LogP contribution in [0, 0.1) is 0 Å². The topological polar surface area (TPSA) is 49.3 Å². The van der Waals surface area contributed by atoms with Crippen molar-refractivity contribution in [1.29, 1.82) is 0 Å². The number of rotatable bonds is 2. The van der Waals surface area contributed by atoms with E-state index in [0.717, 1.165) is 6.54 Å². The molecule has 1 saturated heterocycles. The summed E-state index contributed by atoms with van der Waals surface area (Å²) in [5, 5.41) is 13.0. The van der Waals surface area contributed by atoms with Gasteiger partial charge in [0.25, 0.3) is 0 Å². The van der Waals surface area contributed by atoms with E-state index in [1.54, 1.807) is 6.92 Å². The molecule has 1 aliphatic rings. The van der Waals surface area contributed by atoms with Gasteiger partial charge in [0, 0.05) is 23.1 Å². The minimum absolute atomic E-state index is 0.101. The van der Waals surface area contributed by atoms with Gasteiger partial charge in [-0.05, 0) is 19.9 Å². The van der Waals surface area contributed by atoms with Crippen molar-refractivity contribution in [1.82, 2.24) is 5.32 Å². The van der Waals surface area contributed by atoms with Crippen LogP contribution in [0.25, 0.3) is 0 Å². The van der Waals surface area contributed by atoms with Crippen molar-refractivity contribution in [3.8, 4) is 0 Å². The van der Waals surface area contributed by atoms with E-state index in [1.807, 2.05) is 6.92 Å². The lowest BCUT2D eigenvalue weighted by atomic mass is 9.94. The molecular formula is C8H17NO2S. The van der Waals surface area contributed by atoms with Gasteiger partial charge in [-0.2, -0.15) is 0 Å². The van der Waals surface area contributed by atoms with E-state index in [9.17, 15) is 9.32 Å². The van der Waals surface area contributed by atoms with E-state index >= 15 is 0 Å². The van der Waals surface area contributed by atoms with Crippen molar-refractivity contribution < 1.29 is 9.32 Å². The first-order valence-electron chi connectivity index (χ1n) is 4.38. The minimum atomic E-state index is -0.895. The summed E-state index contributed by atoms with van der Waals surface area (Å²) >= 11 is 0. The molecule has 3 unspecified atom stereocenters. The van der Waals surface area contributed by atoms with E-state index in [0.29, 0.717) is 18.7 Å². The molecule has 2 N–H and O–H groups in total. The Balaban J connectivity index is 2.66. The first kappa shape index (κ1) is 10.2. The second-order valence-corrected chi connectivity index (χ2v) is 5.38. The standard InChI is InChI=1S/C8H17NO2S/c1-3-12(11)7-6-9-5-4-8(7,2)10/h7,9-10H,3-6H2,1-2H3. The maximum atomic E-state index is 11.5. The zero-order chi connectivity index (χ0) is 9.19. The molecule has 0 aromatic heterocycles. The van der Waals surface area contributed by atoms with Crippen LogP contribution in [0.2, 0.25) is 0 Å². The fourth-order valence-corrected chi connectivity index (χ4v) is 2.92. The summed E-state index contributed by atoms with van der Waals surface area (Å²) in [4.78, 5) is 0. The number of hydrogen-bond donors (Lipinski definition) is 2. The minimum Gasteiger partial charge on any atom is -0.389 e. The van der Waals surface area contributed by atoms with Gasteiger partial charge in [0.15, 0.2) is 0 Å². The highest BCUT2D eigenvalue weighted by Crippen LogP contribution is 2.21. The lowest BCUT2D eigenvalue weighted by molar-refractivity contribution is 0.0342. The highest BCUT2D eigenvalue weighted by atomic mass is 32.2. The highest BCUT2D eigenvalue weighted by Gasteiger charge is 2.37. The molecule has 0 aromatic carbocycles. The lowest BCUT2D eigenvalue weighted by Crippen LogP contribution is -2.54. The van der Waals surface area contributed by atoms with Crippen LogP contribution in [-0.2, 0) is 10.8 Å². The van der Waals surface area contributed by atoms with E-state index < -0.39 is 16.4 Å². The molecule has 3 nitrogen and oxygen atoms in total. The highest BCUT2D eigenvalue weighted by molar-refractivity contribution is 7.85. The summed E-state index contributed by atoms with van der Waals surface area (Å²) in [6, 6.07) is 0. The Kier molecular flexibility index (Phi) is 3.26. The third-order valence-electron chi connectivity index (χ3n) is 2.43. The third-order valence-corrected chi connectivity index (χ3v) is 4.31. The molecule has 1 rings (SSSR count). The van der Waals surface area contributed by atoms with Crippen molar-refractivity contribution in [2.24, 2.45) is 0 Å². The van der Waals surface area contributed by atoms with Crippen molar-refractivity contribution in [2.75, 3.05) is 18.8 Å². The zero-order valence-corrected chi connectivity index (χ0v) is 8.49. The Labute approximate surface area is 76.0 Å².